The van der Waals surface area contributed by atoms with Gasteiger partial charge in [-0.15, -0.1) is 11.3 Å². The summed E-state index contributed by atoms with van der Waals surface area (Å²) < 4.78 is 1.52. The van der Waals surface area contributed by atoms with Crippen molar-refractivity contribution in [2.45, 2.75) is 13.5 Å². The first-order valence-corrected chi connectivity index (χ1v) is 8.02. The van der Waals surface area contributed by atoms with E-state index in [4.69, 9.17) is 0 Å². The second-order valence-electron chi connectivity index (χ2n) is 5.19. The van der Waals surface area contributed by atoms with Crippen molar-refractivity contribution in [3.05, 3.63) is 39.8 Å². The molecule has 3 rings (SSSR count). The minimum absolute atomic E-state index is 0.0330. The fourth-order valence-corrected chi connectivity index (χ4v) is 3.30. The van der Waals surface area contributed by atoms with Crippen LogP contribution in [0.4, 0.5) is 5.13 Å². The molecule has 3 heterocycles. The third-order valence-electron chi connectivity index (χ3n) is 3.66. The first-order chi connectivity index (χ1) is 10.2. The Morgan fingerprint density at radius 2 is 2.05 bits per heavy atom. The first-order valence-electron chi connectivity index (χ1n) is 7.14. The Morgan fingerprint density at radius 3 is 2.71 bits per heavy atom. The molecule has 0 radical (unpaired) electrons. The van der Waals surface area contributed by atoms with Crippen molar-refractivity contribution < 1.29 is 0 Å². The number of rotatable bonds is 4. The Kier molecular flexibility index (Phi) is 4.31. The van der Waals surface area contributed by atoms with E-state index in [1.54, 1.807) is 29.7 Å². The Bertz CT molecular complexity index is 645. The molecule has 7 heteroatoms. The van der Waals surface area contributed by atoms with Crippen LogP contribution in [-0.4, -0.2) is 52.4 Å². The minimum Gasteiger partial charge on any atom is -0.346 e. The molecule has 0 N–H and O–H groups in total. The molecular formula is C14H19N5OS. The number of hydrogen-bond acceptors (Lipinski definition) is 6. The van der Waals surface area contributed by atoms with Gasteiger partial charge in [-0.3, -0.25) is 9.69 Å². The van der Waals surface area contributed by atoms with Crippen LogP contribution >= 0.6 is 11.3 Å². The highest BCUT2D eigenvalue weighted by atomic mass is 32.1. The standard InChI is InChI=1S/C14H19N5OS/c1-12-11-21-14(16-12)18-8-5-17(6-9-18)7-10-19-13(20)3-2-4-15-19/h2-4,11H,5-10H2,1H3. The van der Waals surface area contributed by atoms with Crippen LogP contribution in [0.15, 0.2) is 28.5 Å². The second kappa shape index (κ2) is 6.36. The van der Waals surface area contributed by atoms with Gasteiger partial charge in [-0.05, 0) is 13.0 Å². The van der Waals surface area contributed by atoms with Crippen LogP contribution in [0.5, 0.6) is 0 Å². The SMILES string of the molecule is Cc1csc(N2CCN(CCn3ncccc3=O)CC2)n1. The fraction of sp³-hybridized carbons (Fsp3) is 0.500. The van der Waals surface area contributed by atoms with Crippen molar-refractivity contribution in [1.82, 2.24) is 19.7 Å². The van der Waals surface area contributed by atoms with Crippen LogP contribution in [-0.2, 0) is 6.54 Å². The lowest BCUT2D eigenvalue weighted by Crippen LogP contribution is -2.47. The van der Waals surface area contributed by atoms with Crippen molar-refractivity contribution in [2.75, 3.05) is 37.6 Å². The van der Waals surface area contributed by atoms with Crippen molar-refractivity contribution in [3.8, 4) is 0 Å². The Morgan fingerprint density at radius 1 is 1.24 bits per heavy atom. The van der Waals surface area contributed by atoms with E-state index in [2.05, 4.69) is 25.3 Å². The summed E-state index contributed by atoms with van der Waals surface area (Å²) >= 11 is 1.71. The van der Waals surface area contributed by atoms with E-state index in [-0.39, 0.29) is 5.56 Å². The average molecular weight is 305 g/mol. The summed E-state index contributed by atoms with van der Waals surface area (Å²) in [4.78, 5) is 20.8. The monoisotopic (exact) mass is 305 g/mol. The lowest BCUT2D eigenvalue weighted by atomic mass is 10.3. The third kappa shape index (κ3) is 3.48. The van der Waals surface area contributed by atoms with Gasteiger partial charge in [-0.25, -0.2) is 9.67 Å². The van der Waals surface area contributed by atoms with Crippen molar-refractivity contribution in [1.29, 1.82) is 0 Å². The van der Waals surface area contributed by atoms with Crippen LogP contribution in [0, 0.1) is 6.92 Å². The maximum absolute atomic E-state index is 11.6. The molecular weight excluding hydrogens is 286 g/mol. The van der Waals surface area contributed by atoms with Gasteiger partial charge < -0.3 is 4.90 Å². The zero-order valence-electron chi connectivity index (χ0n) is 12.1. The van der Waals surface area contributed by atoms with E-state index in [0.29, 0.717) is 6.54 Å². The maximum Gasteiger partial charge on any atom is 0.266 e. The van der Waals surface area contributed by atoms with Crippen molar-refractivity contribution >= 4 is 16.5 Å². The molecule has 0 aromatic carbocycles. The zero-order valence-corrected chi connectivity index (χ0v) is 12.9. The summed E-state index contributed by atoms with van der Waals surface area (Å²) in [6, 6.07) is 3.23. The maximum atomic E-state index is 11.6. The predicted octanol–water partition coefficient (Wildman–Crippen LogP) is 0.830. The summed E-state index contributed by atoms with van der Waals surface area (Å²) in [6.07, 6.45) is 1.66. The van der Waals surface area contributed by atoms with E-state index in [1.807, 2.05) is 6.92 Å². The lowest BCUT2D eigenvalue weighted by Gasteiger charge is -2.34. The van der Waals surface area contributed by atoms with Gasteiger partial charge in [0.1, 0.15) is 0 Å². The van der Waals surface area contributed by atoms with Gasteiger partial charge in [-0.1, -0.05) is 0 Å². The Labute approximate surface area is 127 Å². The highest BCUT2D eigenvalue weighted by molar-refractivity contribution is 7.13. The van der Waals surface area contributed by atoms with Crippen molar-refractivity contribution in [2.24, 2.45) is 0 Å². The molecule has 1 saturated heterocycles. The van der Waals surface area contributed by atoms with E-state index < -0.39 is 0 Å². The Balaban J connectivity index is 1.50. The summed E-state index contributed by atoms with van der Waals surface area (Å²) in [6.45, 7) is 7.52. The summed E-state index contributed by atoms with van der Waals surface area (Å²) in [5.41, 5.74) is 1.06. The quantitative estimate of drug-likeness (QED) is 0.837. The molecule has 0 unspecified atom stereocenters. The lowest BCUT2D eigenvalue weighted by molar-refractivity contribution is 0.242. The second-order valence-corrected chi connectivity index (χ2v) is 6.02. The molecule has 0 aliphatic carbocycles. The van der Waals surface area contributed by atoms with E-state index in [9.17, 15) is 4.79 Å². The first kappa shape index (κ1) is 14.2. The number of aryl methyl sites for hydroxylation is 1. The van der Waals surface area contributed by atoms with Crippen LogP contribution in [0.25, 0.3) is 0 Å². The van der Waals surface area contributed by atoms with Crippen LogP contribution in [0.3, 0.4) is 0 Å². The van der Waals surface area contributed by atoms with Crippen LogP contribution in [0.2, 0.25) is 0 Å². The molecule has 1 aliphatic rings. The summed E-state index contributed by atoms with van der Waals surface area (Å²) in [7, 11) is 0. The van der Waals surface area contributed by atoms with E-state index in [1.165, 1.54) is 4.68 Å². The Hall–Kier alpha value is -1.73. The number of aromatic nitrogens is 3. The van der Waals surface area contributed by atoms with Gasteiger partial charge in [0.05, 0.1) is 12.2 Å². The normalized spacial score (nSPS) is 16.3. The van der Waals surface area contributed by atoms with Crippen LogP contribution < -0.4 is 10.5 Å². The average Bonchev–Trinajstić information content (AvgIpc) is 2.94. The molecule has 1 aliphatic heterocycles. The van der Waals surface area contributed by atoms with Gasteiger partial charge in [0, 0.05) is 50.4 Å². The number of hydrogen-bond donors (Lipinski definition) is 0. The van der Waals surface area contributed by atoms with E-state index >= 15 is 0 Å². The molecule has 2 aromatic rings. The summed E-state index contributed by atoms with van der Waals surface area (Å²) in [5, 5.41) is 7.30. The van der Waals surface area contributed by atoms with E-state index in [0.717, 1.165) is 43.5 Å². The van der Waals surface area contributed by atoms with Gasteiger partial charge in [0.25, 0.3) is 5.56 Å². The smallest absolute Gasteiger partial charge is 0.266 e. The molecule has 1 fully saturated rings. The zero-order chi connectivity index (χ0) is 14.7. The molecule has 0 spiro atoms. The fourth-order valence-electron chi connectivity index (χ4n) is 2.44. The molecule has 21 heavy (non-hydrogen) atoms. The predicted molar refractivity (Wildman–Crippen MR) is 84.0 cm³/mol. The minimum atomic E-state index is -0.0330. The number of thiazole rings is 1. The highest BCUT2D eigenvalue weighted by Crippen LogP contribution is 2.21. The molecule has 112 valence electrons. The van der Waals surface area contributed by atoms with Gasteiger partial charge in [-0.2, -0.15) is 5.10 Å². The highest BCUT2D eigenvalue weighted by Gasteiger charge is 2.18. The van der Waals surface area contributed by atoms with Gasteiger partial charge in [0.2, 0.25) is 0 Å². The number of anilines is 1. The molecule has 0 bridgehead atoms. The molecule has 0 amide bonds. The topological polar surface area (TPSA) is 54.3 Å². The van der Waals surface area contributed by atoms with Crippen LogP contribution in [0.1, 0.15) is 5.69 Å². The molecule has 0 atom stereocenters. The molecule has 0 saturated carbocycles. The van der Waals surface area contributed by atoms with Gasteiger partial charge >= 0.3 is 0 Å². The number of nitrogens with zero attached hydrogens (tertiary/aromatic N) is 5. The molecule has 6 nitrogen and oxygen atoms in total. The molecule has 2 aromatic heterocycles. The van der Waals surface area contributed by atoms with Crippen molar-refractivity contribution in [3.63, 3.8) is 0 Å². The van der Waals surface area contributed by atoms with Gasteiger partial charge in [0.15, 0.2) is 5.13 Å². The third-order valence-corrected chi connectivity index (χ3v) is 4.68. The largest absolute Gasteiger partial charge is 0.346 e. The number of piperazine rings is 1. The summed E-state index contributed by atoms with van der Waals surface area (Å²) in [5.74, 6) is 0.